The number of aliphatic carboxylic acids is 1. The van der Waals surface area contributed by atoms with Gasteiger partial charge in [-0.05, 0) is 36.2 Å². The summed E-state index contributed by atoms with van der Waals surface area (Å²) in [5, 5.41) is 10.6. The maximum atomic E-state index is 11.4. The van der Waals surface area contributed by atoms with E-state index in [0.717, 1.165) is 22.0 Å². The molecule has 0 spiro atoms. The normalized spacial score (nSPS) is 10.9. The van der Waals surface area contributed by atoms with Crippen molar-refractivity contribution in [3.05, 3.63) is 46.5 Å². The molecule has 1 heterocycles. The van der Waals surface area contributed by atoms with E-state index in [1.165, 1.54) is 0 Å². The number of aryl methyl sites for hydroxylation is 1. The molecule has 0 radical (unpaired) electrons. The first-order valence-corrected chi connectivity index (χ1v) is 8.08. The molecule has 3 rings (SSSR count). The molecule has 130 valence electrons. The van der Waals surface area contributed by atoms with Gasteiger partial charge < -0.3 is 19.6 Å². The highest BCUT2D eigenvalue weighted by molar-refractivity contribution is 6.36. The molecule has 2 N–H and O–H groups in total. The topological polar surface area (TPSA) is 71.6 Å². The number of aromatic nitrogens is 1. The molecule has 6 heteroatoms. The van der Waals surface area contributed by atoms with Gasteiger partial charge in [-0.1, -0.05) is 17.7 Å². The highest BCUT2D eigenvalue weighted by atomic mass is 35.5. The molecule has 5 nitrogen and oxygen atoms in total. The number of methoxy groups -OCH3 is 2. The molecular weight excluding hydrogens is 342 g/mol. The van der Waals surface area contributed by atoms with Gasteiger partial charge in [0, 0.05) is 17.0 Å². The Bertz CT molecular complexity index is 962. The van der Waals surface area contributed by atoms with Gasteiger partial charge in [-0.2, -0.15) is 0 Å². The van der Waals surface area contributed by atoms with Crippen molar-refractivity contribution in [3.63, 3.8) is 0 Å². The smallest absolute Gasteiger partial charge is 0.307 e. The monoisotopic (exact) mass is 359 g/mol. The summed E-state index contributed by atoms with van der Waals surface area (Å²) in [6.07, 6.45) is -0.145. The van der Waals surface area contributed by atoms with Crippen LogP contribution in [0.15, 0.2) is 30.3 Å². The van der Waals surface area contributed by atoms with Gasteiger partial charge in [-0.15, -0.1) is 0 Å². The van der Waals surface area contributed by atoms with Crippen LogP contribution in [0.3, 0.4) is 0 Å². The third-order valence-electron chi connectivity index (χ3n) is 4.22. The number of carbonyl (C=O) groups is 1. The first kappa shape index (κ1) is 17.2. The number of hydrogen-bond acceptors (Lipinski definition) is 3. The van der Waals surface area contributed by atoms with E-state index in [-0.39, 0.29) is 6.42 Å². The van der Waals surface area contributed by atoms with Crippen molar-refractivity contribution in [2.75, 3.05) is 14.2 Å². The summed E-state index contributed by atoms with van der Waals surface area (Å²) >= 11 is 6.38. The predicted octanol–water partition coefficient (Wildman–Crippen LogP) is 4.44. The first-order chi connectivity index (χ1) is 12.0. The molecule has 25 heavy (non-hydrogen) atoms. The number of carboxylic acid groups (broad SMARTS) is 1. The van der Waals surface area contributed by atoms with Gasteiger partial charge in [0.05, 0.1) is 36.9 Å². The van der Waals surface area contributed by atoms with Crippen LogP contribution < -0.4 is 9.47 Å². The molecule has 0 aliphatic rings. The summed E-state index contributed by atoms with van der Waals surface area (Å²) < 4.78 is 10.7. The van der Waals surface area contributed by atoms with Crippen molar-refractivity contribution < 1.29 is 19.4 Å². The van der Waals surface area contributed by atoms with Crippen molar-refractivity contribution in [2.45, 2.75) is 13.3 Å². The Morgan fingerprint density at radius 1 is 1.20 bits per heavy atom. The summed E-state index contributed by atoms with van der Waals surface area (Å²) in [4.78, 5) is 14.8. The first-order valence-electron chi connectivity index (χ1n) is 7.70. The van der Waals surface area contributed by atoms with Gasteiger partial charge in [0.2, 0.25) is 0 Å². The number of H-pyrrole nitrogens is 1. The maximum Gasteiger partial charge on any atom is 0.307 e. The maximum absolute atomic E-state index is 11.4. The Hall–Kier alpha value is -2.66. The van der Waals surface area contributed by atoms with Crippen LogP contribution in [0.1, 0.15) is 11.1 Å². The van der Waals surface area contributed by atoms with Crippen LogP contribution in [-0.2, 0) is 11.2 Å². The number of ether oxygens (including phenoxy) is 2. The third kappa shape index (κ3) is 3.03. The molecule has 1 aromatic heterocycles. The summed E-state index contributed by atoms with van der Waals surface area (Å²) in [6, 6.07) is 9.10. The number of rotatable bonds is 5. The van der Waals surface area contributed by atoms with Crippen molar-refractivity contribution in [3.8, 4) is 22.8 Å². The van der Waals surface area contributed by atoms with E-state index in [1.54, 1.807) is 26.4 Å². The van der Waals surface area contributed by atoms with Crippen LogP contribution in [0.4, 0.5) is 0 Å². The van der Waals surface area contributed by atoms with Gasteiger partial charge >= 0.3 is 5.97 Å². The van der Waals surface area contributed by atoms with Crippen molar-refractivity contribution >= 4 is 28.5 Å². The third-order valence-corrected chi connectivity index (χ3v) is 4.54. The Morgan fingerprint density at radius 2 is 1.96 bits per heavy atom. The fourth-order valence-electron chi connectivity index (χ4n) is 3.03. The van der Waals surface area contributed by atoms with E-state index in [4.69, 9.17) is 21.1 Å². The molecule has 3 aromatic rings. The van der Waals surface area contributed by atoms with Crippen LogP contribution in [-0.4, -0.2) is 30.3 Å². The highest BCUT2D eigenvalue weighted by Crippen LogP contribution is 2.40. The standard InChI is InChI=1S/C19H18ClNO4/c1-10-4-7-14(20)17-13(9-16(22)23)19(21-18(10)17)12-6-5-11(24-2)8-15(12)25-3/h4-8,21H,9H2,1-3H3,(H,22,23). The molecule has 0 aliphatic heterocycles. The largest absolute Gasteiger partial charge is 0.497 e. The zero-order chi connectivity index (χ0) is 18.1. The van der Waals surface area contributed by atoms with Crippen LogP contribution in [0.2, 0.25) is 5.02 Å². The van der Waals surface area contributed by atoms with E-state index in [1.807, 2.05) is 25.1 Å². The second-order valence-corrected chi connectivity index (χ2v) is 6.14. The fourth-order valence-corrected chi connectivity index (χ4v) is 3.30. The van der Waals surface area contributed by atoms with Crippen molar-refractivity contribution in [2.24, 2.45) is 0 Å². The van der Waals surface area contributed by atoms with Crippen LogP contribution in [0, 0.1) is 6.92 Å². The molecule has 0 saturated carbocycles. The molecule has 0 bridgehead atoms. The van der Waals surface area contributed by atoms with E-state index in [9.17, 15) is 9.90 Å². The number of hydrogen-bond donors (Lipinski definition) is 2. The van der Waals surface area contributed by atoms with Crippen molar-refractivity contribution in [1.82, 2.24) is 4.98 Å². The zero-order valence-electron chi connectivity index (χ0n) is 14.1. The zero-order valence-corrected chi connectivity index (χ0v) is 14.9. The lowest BCUT2D eigenvalue weighted by molar-refractivity contribution is -0.136. The van der Waals surface area contributed by atoms with Crippen molar-refractivity contribution in [1.29, 1.82) is 0 Å². The van der Waals surface area contributed by atoms with Crippen LogP contribution in [0.25, 0.3) is 22.2 Å². The van der Waals surface area contributed by atoms with Gasteiger partial charge in [-0.25, -0.2) is 0 Å². The Labute approximate surface area is 150 Å². The average molecular weight is 360 g/mol. The highest BCUT2D eigenvalue weighted by Gasteiger charge is 2.21. The molecule has 0 atom stereocenters. The second kappa shape index (κ2) is 6.69. The summed E-state index contributed by atoms with van der Waals surface area (Å²) in [5.41, 5.74) is 3.90. The van der Waals surface area contributed by atoms with Gasteiger partial charge in [0.25, 0.3) is 0 Å². The molecule has 0 aliphatic carbocycles. The number of halogens is 1. The van der Waals surface area contributed by atoms with Gasteiger partial charge in [0.1, 0.15) is 11.5 Å². The van der Waals surface area contributed by atoms with Gasteiger partial charge in [-0.3, -0.25) is 4.79 Å². The van der Waals surface area contributed by atoms with E-state index >= 15 is 0 Å². The lowest BCUT2D eigenvalue weighted by atomic mass is 10.0. The Kier molecular flexibility index (Phi) is 4.59. The SMILES string of the molecule is COc1ccc(-c2[nH]c3c(C)ccc(Cl)c3c2CC(=O)O)c(OC)c1. The lowest BCUT2D eigenvalue weighted by Gasteiger charge is -2.11. The Balaban J connectivity index is 2.34. The minimum atomic E-state index is -0.924. The van der Waals surface area contributed by atoms with Crippen LogP contribution in [0.5, 0.6) is 11.5 Å². The number of aromatic amines is 1. The predicted molar refractivity (Wildman–Crippen MR) is 97.9 cm³/mol. The molecule has 0 saturated heterocycles. The molecule has 0 amide bonds. The number of fused-ring (bicyclic) bond motifs is 1. The van der Waals surface area contributed by atoms with E-state index in [2.05, 4.69) is 4.98 Å². The lowest BCUT2D eigenvalue weighted by Crippen LogP contribution is -2.01. The number of benzene rings is 2. The number of nitrogens with one attached hydrogen (secondary N) is 1. The average Bonchev–Trinajstić information content (AvgIpc) is 2.97. The molecule has 0 fully saturated rings. The van der Waals surface area contributed by atoms with Crippen LogP contribution >= 0.6 is 11.6 Å². The minimum Gasteiger partial charge on any atom is -0.497 e. The molecular formula is C19H18ClNO4. The summed E-state index contributed by atoms with van der Waals surface area (Å²) in [5.74, 6) is 0.323. The van der Waals surface area contributed by atoms with Gasteiger partial charge in [0.15, 0.2) is 0 Å². The summed E-state index contributed by atoms with van der Waals surface area (Å²) in [6.45, 7) is 1.95. The number of carboxylic acids is 1. The fraction of sp³-hybridized carbons (Fsp3) is 0.211. The quantitative estimate of drug-likeness (QED) is 0.706. The minimum absolute atomic E-state index is 0.145. The second-order valence-electron chi connectivity index (χ2n) is 5.73. The molecule has 2 aromatic carbocycles. The van der Waals surface area contributed by atoms with E-state index < -0.39 is 5.97 Å². The van der Waals surface area contributed by atoms with E-state index in [0.29, 0.717) is 27.8 Å². The summed E-state index contributed by atoms with van der Waals surface area (Å²) in [7, 11) is 3.15. The molecule has 0 unspecified atom stereocenters. The Morgan fingerprint density at radius 3 is 2.60 bits per heavy atom.